The van der Waals surface area contributed by atoms with Crippen LogP contribution in [0.3, 0.4) is 0 Å². The summed E-state index contributed by atoms with van der Waals surface area (Å²) in [6, 6.07) is 10.2. The van der Waals surface area contributed by atoms with Gasteiger partial charge < -0.3 is 5.32 Å². The van der Waals surface area contributed by atoms with Crippen LogP contribution in [-0.2, 0) is 0 Å². The van der Waals surface area contributed by atoms with Crippen LogP contribution in [0.2, 0.25) is 0 Å². The summed E-state index contributed by atoms with van der Waals surface area (Å²) in [5.41, 5.74) is 1.35. The highest BCUT2D eigenvalue weighted by atomic mass is 32.1. The van der Waals surface area contributed by atoms with Crippen molar-refractivity contribution in [1.82, 2.24) is 9.97 Å². The lowest BCUT2D eigenvalue weighted by molar-refractivity contribution is 1.15. The van der Waals surface area contributed by atoms with E-state index < -0.39 is 0 Å². The van der Waals surface area contributed by atoms with Crippen LogP contribution in [-0.4, -0.2) is 9.97 Å². The molecule has 0 amide bonds. The van der Waals surface area contributed by atoms with Gasteiger partial charge in [0.15, 0.2) is 5.82 Å². The number of aromatic nitrogens is 2. The molecule has 1 aromatic carbocycles. The number of benzene rings is 1. The van der Waals surface area contributed by atoms with E-state index in [0.29, 0.717) is 11.4 Å². The Morgan fingerprint density at radius 1 is 1.28 bits per heavy atom. The number of nitrogens with one attached hydrogen (secondary N) is 1. The number of fused-ring (bicyclic) bond motifs is 1. The molecule has 2 heterocycles. The first-order valence-corrected chi connectivity index (χ1v) is 6.19. The third kappa shape index (κ3) is 1.90. The van der Waals surface area contributed by atoms with E-state index in [-0.39, 0.29) is 0 Å². The molecule has 2 aromatic heterocycles. The van der Waals surface area contributed by atoms with Crippen LogP contribution in [0.15, 0.2) is 42.2 Å². The van der Waals surface area contributed by atoms with E-state index in [2.05, 4.69) is 38.9 Å². The summed E-state index contributed by atoms with van der Waals surface area (Å²) in [5.74, 6) is 0.530. The van der Waals surface area contributed by atoms with Crippen molar-refractivity contribution in [2.75, 3.05) is 5.32 Å². The Hall–Kier alpha value is -2.45. The lowest BCUT2D eigenvalue weighted by atomic mass is 10.2. The molecule has 0 unspecified atom stereocenters. The molecule has 0 aliphatic heterocycles. The van der Waals surface area contributed by atoms with Crippen molar-refractivity contribution in [2.24, 2.45) is 0 Å². The van der Waals surface area contributed by atoms with Gasteiger partial charge in [0.1, 0.15) is 18.0 Å². The van der Waals surface area contributed by atoms with Gasteiger partial charge in [0.2, 0.25) is 0 Å². The second-order valence-corrected chi connectivity index (χ2v) is 4.64. The van der Waals surface area contributed by atoms with Crippen molar-refractivity contribution in [3.05, 3.63) is 47.7 Å². The average molecular weight is 252 g/mol. The van der Waals surface area contributed by atoms with Crippen molar-refractivity contribution in [2.45, 2.75) is 0 Å². The summed E-state index contributed by atoms with van der Waals surface area (Å²) < 4.78 is 1.24. The average Bonchev–Trinajstić information content (AvgIpc) is 2.87. The molecular formula is C13H8N4S. The molecule has 3 rings (SSSR count). The number of anilines is 2. The molecule has 0 saturated carbocycles. The summed E-state index contributed by atoms with van der Waals surface area (Å²) >= 11 is 1.70. The summed E-state index contributed by atoms with van der Waals surface area (Å²) in [4.78, 5) is 7.90. The van der Waals surface area contributed by atoms with Gasteiger partial charge in [-0.3, -0.25) is 0 Å². The van der Waals surface area contributed by atoms with Gasteiger partial charge in [-0.25, -0.2) is 9.97 Å². The molecule has 5 heteroatoms. The fourth-order valence-corrected chi connectivity index (χ4v) is 2.46. The van der Waals surface area contributed by atoms with Crippen LogP contribution in [0, 0.1) is 11.3 Å². The molecule has 0 bridgehead atoms. The van der Waals surface area contributed by atoms with Gasteiger partial charge in [-0.15, -0.1) is 11.3 Å². The van der Waals surface area contributed by atoms with Gasteiger partial charge in [0.25, 0.3) is 0 Å². The third-order valence-electron chi connectivity index (χ3n) is 2.55. The van der Waals surface area contributed by atoms with Crippen molar-refractivity contribution < 1.29 is 0 Å². The smallest absolute Gasteiger partial charge is 0.151 e. The van der Waals surface area contributed by atoms with Crippen LogP contribution in [0.25, 0.3) is 10.1 Å². The van der Waals surface area contributed by atoms with Gasteiger partial charge >= 0.3 is 0 Å². The molecule has 0 saturated heterocycles. The van der Waals surface area contributed by atoms with E-state index in [1.54, 1.807) is 11.3 Å². The molecule has 1 N–H and O–H groups in total. The lowest BCUT2D eigenvalue weighted by Crippen LogP contribution is -1.97. The maximum atomic E-state index is 8.97. The normalized spacial score (nSPS) is 10.2. The zero-order valence-corrected chi connectivity index (χ0v) is 10.1. The molecule has 0 spiro atoms. The summed E-state index contributed by atoms with van der Waals surface area (Å²) in [6.45, 7) is 0. The van der Waals surface area contributed by atoms with Crippen molar-refractivity contribution in [3.8, 4) is 6.07 Å². The zero-order chi connectivity index (χ0) is 12.4. The van der Waals surface area contributed by atoms with Crippen LogP contribution in [0.5, 0.6) is 0 Å². The SMILES string of the molecule is N#Cc1cncnc1Nc1ccc2sccc2c1. The molecule has 0 aliphatic carbocycles. The summed E-state index contributed by atoms with van der Waals surface area (Å²) in [5, 5.41) is 15.3. The maximum Gasteiger partial charge on any atom is 0.151 e. The van der Waals surface area contributed by atoms with E-state index in [9.17, 15) is 0 Å². The van der Waals surface area contributed by atoms with Crippen LogP contribution in [0.4, 0.5) is 11.5 Å². The first kappa shape index (κ1) is 10.7. The van der Waals surface area contributed by atoms with E-state index in [1.807, 2.05) is 12.1 Å². The predicted molar refractivity (Wildman–Crippen MR) is 71.9 cm³/mol. The Morgan fingerprint density at radius 2 is 2.22 bits per heavy atom. The Morgan fingerprint density at radius 3 is 3.11 bits per heavy atom. The minimum atomic E-state index is 0.433. The van der Waals surface area contributed by atoms with Crippen molar-refractivity contribution in [1.29, 1.82) is 5.26 Å². The molecule has 18 heavy (non-hydrogen) atoms. The fourth-order valence-electron chi connectivity index (χ4n) is 1.69. The number of nitriles is 1. The van der Waals surface area contributed by atoms with Crippen LogP contribution in [0.1, 0.15) is 5.56 Å². The first-order valence-electron chi connectivity index (χ1n) is 5.31. The highest BCUT2D eigenvalue weighted by molar-refractivity contribution is 7.17. The monoisotopic (exact) mass is 252 g/mol. The molecule has 0 aliphatic rings. The lowest BCUT2D eigenvalue weighted by Gasteiger charge is -2.06. The predicted octanol–water partition coefficient (Wildman–Crippen LogP) is 3.31. The maximum absolute atomic E-state index is 8.97. The number of rotatable bonds is 2. The molecule has 0 radical (unpaired) electrons. The molecular weight excluding hydrogens is 244 g/mol. The Labute approximate surface area is 108 Å². The van der Waals surface area contributed by atoms with Gasteiger partial charge in [0.05, 0.1) is 6.20 Å². The van der Waals surface area contributed by atoms with Crippen LogP contribution < -0.4 is 5.32 Å². The molecule has 3 aromatic rings. The van der Waals surface area contributed by atoms with Crippen molar-refractivity contribution in [3.63, 3.8) is 0 Å². The van der Waals surface area contributed by atoms with E-state index in [0.717, 1.165) is 5.69 Å². The van der Waals surface area contributed by atoms with E-state index in [1.165, 1.54) is 22.6 Å². The molecule has 4 nitrogen and oxygen atoms in total. The molecule has 0 atom stereocenters. The second kappa shape index (κ2) is 4.43. The van der Waals surface area contributed by atoms with E-state index in [4.69, 9.17) is 5.26 Å². The Kier molecular flexibility index (Phi) is 2.63. The van der Waals surface area contributed by atoms with Gasteiger partial charge in [-0.2, -0.15) is 5.26 Å². The fraction of sp³-hybridized carbons (Fsp3) is 0. The zero-order valence-electron chi connectivity index (χ0n) is 9.29. The minimum Gasteiger partial charge on any atom is -0.339 e. The largest absolute Gasteiger partial charge is 0.339 e. The van der Waals surface area contributed by atoms with Crippen LogP contribution >= 0.6 is 11.3 Å². The first-order chi connectivity index (χ1) is 8.86. The van der Waals surface area contributed by atoms with Gasteiger partial charge in [0, 0.05) is 10.4 Å². The van der Waals surface area contributed by atoms with Gasteiger partial charge in [-0.1, -0.05) is 0 Å². The molecule has 86 valence electrons. The second-order valence-electron chi connectivity index (χ2n) is 3.70. The topological polar surface area (TPSA) is 61.6 Å². The highest BCUT2D eigenvalue weighted by Gasteiger charge is 2.04. The number of hydrogen-bond acceptors (Lipinski definition) is 5. The van der Waals surface area contributed by atoms with Gasteiger partial charge in [-0.05, 0) is 35.0 Å². The minimum absolute atomic E-state index is 0.433. The highest BCUT2D eigenvalue weighted by Crippen LogP contribution is 2.26. The number of nitrogens with zero attached hydrogens (tertiary/aromatic N) is 3. The third-order valence-corrected chi connectivity index (χ3v) is 3.45. The Balaban J connectivity index is 1.98. The Bertz CT molecular complexity index is 742. The van der Waals surface area contributed by atoms with E-state index >= 15 is 0 Å². The standard InChI is InChI=1S/C13H8N4S/c14-6-10-7-15-8-16-13(10)17-11-1-2-12-9(5-11)3-4-18-12/h1-5,7-8H,(H,15,16,17). The molecule has 0 fully saturated rings. The quantitative estimate of drug-likeness (QED) is 0.760. The van der Waals surface area contributed by atoms with Crippen molar-refractivity contribution >= 4 is 32.9 Å². The number of hydrogen-bond donors (Lipinski definition) is 1. The summed E-state index contributed by atoms with van der Waals surface area (Å²) in [7, 11) is 0. The summed E-state index contributed by atoms with van der Waals surface area (Å²) in [6.07, 6.45) is 2.92. The number of thiophene rings is 1.